The molecule has 2 atom stereocenters. The van der Waals surface area contributed by atoms with Gasteiger partial charge in [-0.1, -0.05) is 13.8 Å². The van der Waals surface area contributed by atoms with Gasteiger partial charge in [-0.25, -0.2) is 0 Å². The second-order valence-electron chi connectivity index (χ2n) is 5.36. The Morgan fingerprint density at radius 1 is 1.41 bits per heavy atom. The predicted octanol–water partition coefficient (Wildman–Crippen LogP) is 0.683. The molecule has 1 aliphatic rings. The van der Waals surface area contributed by atoms with Crippen LogP contribution in [0.25, 0.3) is 0 Å². The van der Waals surface area contributed by atoms with Crippen LogP contribution in [0.15, 0.2) is 0 Å². The SMILES string of the molecule is CC(C)CC(=O)N1CC(N)CC(CC(=O)O)C1. The van der Waals surface area contributed by atoms with Crippen molar-refractivity contribution in [3.63, 3.8) is 0 Å². The zero-order chi connectivity index (χ0) is 13.0. The molecule has 0 spiro atoms. The molecular formula is C12H22N2O3. The van der Waals surface area contributed by atoms with Gasteiger partial charge in [0.05, 0.1) is 0 Å². The number of carboxylic acids is 1. The van der Waals surface area contributed by atoms with Gasteiger partial charge in [0.2, 0.25) is 5.91 Å². The number of piperidine rings is 1. The number of nitrogens with two attached hydrogens (primary N) is 1. The molecular weight excluding hydrogens is 220 g/mol. The van der Waals surface area contributed by atoms with Gasteiger partial charge in [-0.15, -0.1) is 0 Å². The van der Waals surface area contributed by atoms with Crippen molar-refractivity contribution in [2.24, 2.45) is 17.6 Å². The lowest BCUT2D eigenvalue weighted by atomic mass is 9.91. The van der Waals surface area contributed by atoms with Crippen LogP contribution in [0.3, 0.4) is 0 Å². The summed E-state index contributed by atoms with van der Waals surface area (Å²) in [5.74, 6) is -0.420. The molecule has 1 fully saturated rings. The van der Waals surface area contributed by atoms with Crippen LogP contribution < -0.4 is 5.73 Å². The molecule has 1 saturated heterocycles. The molecule has 0 bridgehead atoms. The van der Waals surface area contributed by atoms with E-state index in [4.69, 9.17) is 10.8 Å². The van der Waals surface area contributed by atoms with Gasteiger partial charge in [0.1, 0.15) is 0 Å². The summed E-state index contributed by atoms with van der Waals surface area (Å²) in [7, 11) is 0. The number of aliphatic carboxylic acids is 1. The Kier molecular flexibility index (Phi) is 4.93. The van der Waals surface area contributed by atoms with Crippen molar-refractivity contribution in [3.05, 3.63) is 0 Å². The minimum atomic E-state index is -0.819. The highest BCUT2D eigenvalue weighted by Gasteiger charge is 2.29. The Morgan fingerprint density at radius 3 is 2.59 bits per heavy atom. The minimum absolute atomic E-state index is 0.00707. The lowest BCUT2D eigenvalue weighted by molar-refractivity contribution is -0.141. The maximum Gasteiger partial charge on any atom is 0.303 e. The second-order valence-corrected chi connectivity index (χ2v) is 5.36. The van der Waals surface area contributed by atoms with Crippen molar-refractivity contribution in [1.29, 1.82) is 0 Å². The van der Waals surface area contributed by atoms with Gasteiger partial charge in [0, 0.05) is 32.0 Å². The Morgan fingerprint density at radius 2 is 2.06 bits per heavy atom. The van der Waals surface area contributed by atoms with Crippen LogP contribution in [-0.4, -0.2) is 41.0 Å². The van der Waals surface area contributed by atoms with Crippen LogP contribution in [0.4, 0.5) is 0 Å². The van der Waals surface area contributed by atoms with Crippen LogP contribution in [0.2, 0.25) is 0 Å². The molecule has 0 saturated carbocycles. The summed E-state index contributed by atoms with van der Waals surface area (Å²) in [6.07, 6.45) is 1.30. The third kappa shape index (κ3) is 4.73. The van der Waals surface area contributed by atoms with Gasteiger partial charge in [0.15, 0.2) is 0 Å². The number of carbonyl (C=O) groups is 2. The van der Waals surface area contributed by atoms with Crippen LogP contribution in [0.5, 0.6) is 0 Å². The predicted molar refractivity (Wildman–Crippen MR) is 64.4 cm³/mol. The van der Waals surface area contributed by atoms with Crippen molar-refractivity contribution in [1.82, 2.24) is 4.90 Å². The Labute approximate surface area is 102 Å². The molecule has 98 valence electrons. The van der Waals surface area contributed by atoms with Crippen molar-refractivity contribution >= 4 is 11.9 Å². The molecule has 1 heterocycles. The highest BCUT2D eigenvalue weighted by molar-refractivity contribution is 5.76. The molecule has 3 N–H and O–H groups in total. The van der Waals surface area contributed by atoms with Gasteiger partial charge in [-0.3, -0.25) is 9.59 Å². The fourth-order valence-corrected chi connectivity index (χ4v) is 2.32. The fourth-order valence-electron chi connectivity index (χ4n) is 2.32. The van der Waals surface area contributed by atoms with E-state index in [2.05, 4.69) is 0 Å². The standard InChI is InChI=1S/C12H22N2O3/c1-8(2)3-11(15)14-6-9(5-12(16)17)4-10(13)7-14/h8-10H,3-7,13H2,1-2H3,(H,16,17). The van der Waals surface area contributed by atoms with E-state index >= 15 is 0 Å². The molecule has 2 unspecified atom stereocenters. The number of nitrogens with zero attached hydrogens (tertiary/aromatic N) is 1. The van der Waals surface area contributed by atoms with Gasteiger partial charge >= 0.3 is 5.97 Å². The van der Waals surface area contributed by atoms with E-state index in [1.54, 1.807) is 4.90 Å². The molecule has 1 aliphatic heterocycles. The Bertz CT molecular complexity index is 291. The summed E-state index contributed by atoms with van der Waals surface area (Å²) in [6, 6.07) is -0.0933. The lowest BCUT2D eigenvalue weighted by Gasteiger charge is -2.36. The summed E-state index contributed by atoms with van der Waals surface area (Å²) in [5, 5.41) is 8.78. The number of carbonyl (C=O) groups excluding carboxylic acids is 1. The van der Waals surface area contributed by atoms with E-state index in [0.717, 1.165) is 0 Å². The maximum atomic E-state index is 11.9. The first-order chi connectivity index (χ1) is 7.88. The van der Waals surface area contributed by atoms with Gasteiger partial charge in [-0.05, 0) is 18.3 Å². The first-order valence-electron chi connectivity index (χ1n) is 6.13. The van der Waals surface area contributed by atoms with Crippen LogP contribution in [0, 0.1) is 11.8 Å². The number of hydrogen-bond donors (Lipinski definition) is 2. The second kappa shape index (κ2) is 6.00. The zero-order valence-electron chi connectivity index (χ0n) is 10.6. The molecule has 17 heavy (non-hydrogen) atoms. The summed E-state index contributed by atoms with van der Waals surface area (Å²) < 4.78 is 0. The number of rotatable bonds is 4. The third-order valence-corrected chi connectivity index (χ3v) is 2.97. The van der Waals surface area contributed by atoms with Crippen LogP contribution >= 0.6 is 0 Å². The van der Waals surface area contributed by atoms with Gasteiger partial charge in [0.25, 0.3) is 0 Å². The summed E-state index contributed by atoms with van der Waals surface area (Å²) in [5.41, 5.74) is 5.87. The topological polar surface area (TPSA) is 83.6 Å². The molecule has 1 amide bonds. The molecule has 0 aromatic heterocycles. The molecule has 0 radical (unpaired) electrons. The smallest absolute Gasteiger partial charge is 0.303 e. The maximum absolute atomic E-state index is 11.9. The summed E-state index contributed by atoms with van der Waals surface area (Å²) >= 11 is 0. The number of hydrogen-bond acceptors (Lipinski definition) is 3. The van der Waals surface area contributed by atoms with Crippen molar-refractivity contribution in [2.45, 2.75) is 39.2 Å². The number of amides is 1. The fraction of sp³-hybridized carbons (Fsp3) is 0.833. The monoisotopic (exact) mass is 242 g/mol. The van der Waals surface area contributed by atoms with E-state index in [1.165, 1.54) is 0 Å². The number of carboxylic acid groups (broad SMARTS) is 1. The quantitative estimate of drug-likeness (QED) is 0.759. The zero-order valence-corrected chi connectivity index (χ0v) is 10.6. The highest BCUT2D eigenvalue weighted by Crippen LogP contribution is 2.20. The highest BCUT2D eigenvalue weighted by atomic mass is 16.4. The first kappa shape index (κ1) is 14.0. The van der Waals surface area contributed by atoms with Gasteiger partial charge < -0.3 is 15.7 Å². The first-order valence-corrected chi connectivity index (χ1v) is 6.13. The molecule has 0 aromatic carbocycles. The molecule has 1 rings (SSSR count). The van der Waals surface area contributed by atoms with E-state index in [9.17, 15) is 9.59 Å². The van der Waals surface area contributed by atoms with Crippen LogP contribution in [-0.2, 0) is 9.59 Å². The van der Waals surface area contributed by atoms with E-state index in [1.807, 2.05) is 13.8 Å². The Hall–Kier alpha value is -1.10. The van der Waals surface area contributed by atoms with Crippen molar-refractivity contribution in [2.75, 3.05) is 13.1 Å². The average Bonchev–Trinajstić information content (AvgIpc) is 2.14. The van der Waals surface area contributed by atoms with E-state index in [0.29, 0.717) is 31.8 Å². The van der Waals surface area contributed by atoms with Gasteiger partial charge in [-0.2, -0.15) is 0 Å². The Balaban J connectivity index is 2.55. The summed E-state index contributed by atoms with van der Waals surface area (Å²) in [4.78, 5) is 24.3. The molecule has 0 aromatic rings. The number of likely N-dealkylation sites (tertiary alicyclic amines) is 1. The average molecular weight is 242 g/mol. The minimum Gasteiger partial charge on any atom is -0.481 e. The summed E-state index contributed by atoms with van der Waals surface area (Å²) in [6.45, 7) is 5.08. The van der Waals surface area contributed by atoms with E-state index < -0.39 is 5.97 Å². The normalized spacial score (nSPS) is 25.1. The largest absolute Gasteiger partial charge is 0.481 e. The molecule has 5 nitrogen and oxygen atoms in total. The lowest BCUT2D eigenvalue weighted by Crippen LogP contribution is -2.50. The van der Waals surface area contributed by atoms with E-state index in [-0.39, 0.29) is 24.3 Å². The molecule has 5 heteroatoms. The van der Waals surface area contributed by atoms with Crippen molar-refractivity contribution < 1.29 is 14.7 Å². The van der Waals surface area contributed by atoms with Crippen molar-refractivity contribution in [3.8, 4) is 0 Å². The molecule has 0 aliphatic carbocycles. The third-order valence-electron chi connectivity index (χ3n) is 2.97. The van der Waals surface area contributed by atoms with Crippen LogP contribution in [0.1, 0.15) is 33.1 Å².